The van der Waals surface area contributed by atoms with E-state index in [-0.39, 0.29) is 0 Å². The summed E-state index contributed by atoms with van der Waals surface area (Å²) in [5.41, 5.74) is 2.49. The fourth-order valence-electron chi connectivity index (χ4n) is 3.19. The van der Waals surface area contributed by atoms with Gasteiger partial charge in [0.25, 0.3) is 0 Å². The maximum absolute atomic E-state index is 12.4. The molecule has 4 nitrogen and oxygen atoms in total. The summed E-state index contributed by atoms with van der Waals surface area (Å²) in [7, 11) is 0. The van der Waals surface area contributed by atoms with Crippen LogP contribution in [0.15, 0.2) is 24.3 Å². The number of carbonyl (C=O) groups excluding carboxylic acids is 1. The summed E-state index contributed by atoms with van der Waals surface area (Å²) in [5.74, 6) is 0.646. The van der Waals surface area contributed by atoms with Gasteiger partial charge in [0.2, 0.25) is 5.91 Å². The van der Waals surface area contributed by atoms with Gasteiger partial charge < -0.3 is 15.1 Å². The molecule has 1 fully saturated rings. The van der Waals surface area contributed by atoms with E-state index in [0.717, 1.165) is 39.3 Å². The maximum Gasteiger partial charge on any atom is 0.223 e. The summed E-state index contributed by atoms with van der Waals surface area (Å²) in [4.78, 5) is 16.9. The van der Waals surface area contributed by atoms with Crippen molar-refractivity contribution in [3.05, 3.63) is 29.8 Å². The van der Waals surface area contributed by atoms with Crippen LogP contribution in [0.1, 0.15) is 24.8 Å². The number of carbonyl (C=O) groups is 1. The zero-order chi connectivity index (χ0) is 13.9. The van der Waals surface area contributed by atoms with Crippen LogP contribution in [0.4, 0.5) is 5.69 Å². The monoisotopic (exact) mass is 273 g/mol. The van der Waals surface area contributed by atoms with Gasteiger partial charge in [0, 0.05) is 50.7 Å². The molecule has 3 rings (SSSR count). The Bertz CT molecular complexity index is 480. The molecule has 2 aliphatic rings. The minimum atomic E-state index is 0.309. The first-order chi connectivity index (χ1) is 9.78. The van der Waals surface area contributed by atoms with Crippen LogP contribution in [-0.4, -0.2) is 55.0 Å². The predicted octanol–water partition coefficient (Wildman–Crippen LogP) is 1.75. The Morgan fingerprint density at radius 2 is 2.00 bits per heavy atom. The van der Waals surface area contributed by atoms with E-state index in [1.165, 1.54) is 11.3 Å². The lowest BCUT2D eigenvalue weighted by Gasteiger charge is -2.34. The van der Waals surface area contributed by atoms with E-state index in [2.05, 4.69) is 35.3 Å². The zero-order valence-corrected chi connectivity index (χ0v) is 12.1. The number of likely N-dealkylation sites (N-methyl/N-ethyl adjacent to an activating group) is 1. The van der Waals surface area contributed by atoms with Gasteiger partial charge in [0.1, 0.15) is 0 Å². The molecule has 4 heteroatoms. The summed E-state index contributed by atoms with van der Waals surface area (Å²) >= 11 is 0. The quantitative estimate of drug-likeness (QED) is 0.911. The summed E-state index contributed by atoms with van der Waals surface area (Å²) in [6, 6.07) is 8.34. The molecule has 0 radical (unpaired) electrons. The molecule has 1 atom stereocenters. The van der Waals surface area contributed by atoms with Gasteiger partial charge in [-0.15, -0.1) is 0 Å². The highest BCUT2D eigenvalue weighted by atomic mass is 16.2. The van der Waals surface area contributed by atoms with E-state index in [1.807, 2.05) is 11.0 Å². The Morgan fingerprint density at radius 3 is 2.75 bits per heavy atom. The van der Waals surface area contributed by atoms with Gasteiger partial charge in [0.15, 0.2) is 0 Å². The van der Waals surface area contributed by atoms with Gasteiger partial charge in [-0.2, -0.15) is 0 Å². The lowest BCUT2D eigenvalue weighted by Crippen LogP contribution is -2.48. The Hall–Kier alpha value is -1.55. The SMILES string of the molecule is CCN1CCN(C(=O)CC2CNc3ccccc32)CC1. The van der Waals surface area contributed by atoms with E-state index in [9.17, 15) is 4.79 Å². The van der Waals surface area contributed by atoms with Crippen molar-refractivity contribution in [2.45, 2.75) is 19.3 Å². The summed E-state index contributed by atoms with van der Waals surface area (Å²) in [6.07, 6.45) is 0.635. The fraction of sp³-hybridized carbons (Fsp3) is 0.562. The number of fused-ring (bicyclic) bond motifs is 1. The highest BCUT2D eigenvalue weighted by Crippen LogP contribution is 2.33. The molecule has 0 saturated carbocycles. The molecule has 20 heavy (non-hydrogen) atoms. The molecule has 0 bridgehead atoms. The first-order valence-electron chi connectivity index (χ1n) is 7.61. The summed E-state index contributed by atoms with van der Waals surface area (Å²) < 4.78 is 0. The van der Waals surface area contributed by atoms with Gasteiger partial charge in [-0.1, -0.05) is 25.1 Å². The molecule has 0 spiro atoms. The van der Waals surface area contributed by atoms with E-state index in [4.69, 9.17) is 0 Å². The number of amides is 1. The first-order valence-corrected chi connectivity index (χ1v) is 7.61. The minimum absolute atomic E-state index is 0.309. The number of hydrogen-bond acceptors (Lipinski definition) is 3. The van der Waals surface area contributed by atoms with Crippen molar-refractivity contribution in [3.8, 4) is 0 Å². The lowest BCUT2D eigenvalue weighted by atomic mass is 9.97. The van der Waals surface area contributed by atoms with Crippen molar-refractivity contribution in [1.82, 2.24) is 9.80 Å². The molecule has 1 unspecified atom stereocenters. The minimum Gasteiger partial charge on any atom is -0.384 e. The lowest BCUT2D eigenvalue weighted by molar-refractivity contribution is -0.133. The summed E-state index contributed by atoms with van der Waals surface area (Å²) in [5, 5.41) is 3.40. The van der Waals surface area contributed by atoms with Crippen molar-refractivity contribution in [2.24, 2.45) is 0 Å². The molecule has 1 N–H and O–H groups in total. The molecule has 2 heterocycles. The second-order valence-electron chi connectivity index (χ2n) is 5.68. The van der Waals surface area contributed by atoms with E-state index in [0.29, 0.717) is 18.2 Å². The Kier molecular flexibility index (Phi) is 3.92. The van der Waals surface area contributed by atoms with Crippen LogP contribution in [-0.2, 0) is 4.79 Å². The number of hydrogen-bond donors (Lipinski definition) is 1. The molecule has 2 aliphatic heterocycles. The molecule has 1 amide bonds. The van der Waals surface area contributed by atoms with Crippen LogP contribution in [0.25, 0.3) is 0 Å². The molecule has 1 aromatic carbocycles. The van der Waals surface area contributed by atoms with Gasteiger partial charge >= 0.3 is 0 Å². The third kappa shape index (κ3) is 2.66. The average Bonchev–Trinajstić information content (AvgIpc) is 2.91. The molecular formula is C16H23N3O. The van der Waals surface area contributed by atoms with Crippen LogP contribution in [0.3, 0.4) is 0 Å². The number of benzene rings is 1. The van der Waals surface area contributed by atoms with Gasteiger partial charge in [-0.25, -0.2) is 0 Å². The second kappa shape index (κ2) is 5.83. The number of nitrogens with zero attached hydrogens (tertiary/aromatic N) is 2. The van der Waals surface area contributed by atoms with Crippen molar-refractivity contribution < 1.29 is 4.79 Å². The molecular weight excluding hydrogens is 250 g/mol. The molecule has 108 valence electrons. The van der Waals surface area contributed by atoms with E-state index >= 15 is 0 Å². The van der Waals surface area contributed by atoms with Crippen LogP contribution >= 0.6 is 0 Å². The normalized spacial score (nSPS) is 22.4. The molecule has 0 aliphatic carbocycles. The third-order valence-electron chi connectivity index (χ3n) is 4.53. The number of anilines is 1. The maximum atomic E-state index is 12.4. The topological polar surface area (TPSA) is 35.6 Å². The Balaban J connectivity index is 1.58. The van der Waals surface area contributed by atoms with Crippen molar-refractivity contribution in [2.75, 3.05) is 44.6 Å². The molecule has 0 aromatic heterocycles. The van der Waals surface area contributed by atoms with E-state index in [1.54, 1.807) is 0 Å². The third-order valence-corrected chi connectivity index (χ3v) is 4.53. The van der Waals surface area contributed by atoms with Crippen molar-refractivity contribution >= 4 is 11.6 Å². The van der Waals surface area contributed by atoms with Crippen LogP contribution < -0.4 is 5.32 Å². The van der Waals surface area contributed by atoms with Crippen LogP contribution in [0.2, 0.25) is 0 Å². The summed E-state index contributed by atoms with van der Waals surface area (Å²) in [6.45, 7) is 7.95. The molecule has 1 saturated heterocycles. The molecule has 1 aromatic rings. The number of para-hydroxylation sites is 1. The largest absolute Gasteiger partial charge is 0.384 e. The van der Waals surface area contributed by atoms with Crippen LogP contribution in [0.5, 0.6) is 0 Å². The highest BCUT2D eigenvalue weighted by molar-refractivity contribution is 5.78. The van der Waals surface area contributed by atoms with Crippen molar-refractivity contribution in [1.29, 1.82) is 0 Å². The fourth-order valence-corrected chi connectivity index (χ4v) is 3.19. The van der Waals surface area contributed by atoms with E-state index < -0.39 is 0 Å². The first kappa shape index (κ1) is 13.4. The standard InChI is InChI=1S/C16H23N3O/c1-2-18-7-9-19(10-8-18)16(20)11-13-12-17-15-6-4-3-5-14(13)15/h3-6,13,17H,2,7-12H2,1H3. The number of rotatable bonds is 3. The number of nitrogens with one attached hydrogen (secondary N) is 1. The zero-order valence-electron chi connectivity index (χ0n) is 12.1. The Labute approximate surface area is 120 Å². The highest BCUT2D eigenvalue weighted by Gasteiger charge is 2.27. The second-order valence-corrected chi connectivity index (χ2v) is 5.68. The van der Waals surface area contributed by atoms with Crippen molar-refractivity contribution in [3.63, 3.8) is 0 Å². The van der Waals surface area contributed by atoms with Crippen LogP contribution in [0, 0.1) is 0 Å². The predicted molar refractivity (Wildman–Crippen MR) is 81.0 cm³/mol. The van der Waals surface area contributed by atoms with Gasteiger partial charge in [-0.05, 0) is 18.2 Å². The average molecular weight is 273 g/mol. The smallest absolute Gasteiger partial charge is 0.223 e. The number of piperazine rings is 1. The Morgan fingerprint density at radius 1 is 1.25 bits per heavy atom. The van der Waals surface area contributed by atoms with Gasteiger partial charge in [-0.3, -0.25) is 4.79 Å². The van der Waals surface area contributed by atoms with Gasteiger partial charge in [0.05, 0.1) is 0 Å².